The summed E-state index contributed by atoms with van der Waals surface area (Å²) in [6.07, 6.45) is 0. The number of thiazole rings is 1. The SMILES string of the molecule is Cc1nc(CN(C)C(=O)N[C@H](C)COc2ccccc2C)cs1. The first kappa shape index (κ1) is 17.3. The van der Waals surface area contributed by atoms with Crippen molar-refractivity contribution >= 4 is 17.4 Å². The summed E-state index contributed by atoms with van der Waals surface area (Å²) in [6, 6.07) is 7.64. The highest BCUT2D eigenvalue weighted by molar-refractivity contribution is 7.09. The summed E-state index contributed by atoms with van der Waals surface area (Å²) < 4.78 is 5.76. The van der Waals surface area contributed by atoms with Crippen molar-refractivity contribution in [3.63, 3.8) is 0 Å². The molecule has 5 nitrogen and oxygen atoms in total. The van der Waals surface area contributed by atoms with E-state index in [4.69, 9.17) is 4.74 Å². The first-order valence-corrected chi connectivity index (χ1v) is 8.44. The smallest absolute Gasteiger partial charge is 0.317 e. The highest BCUT2D eigenvalue weighted by Crippen LogP contribution is 2.16. The molecule has 0 fully saturated rings. The van der Waals surface area contributed by atoms with Crippen LogP contribution in [0.2, 0.25) is 0 Å². The minimum atomic E-state index is -0.128. The third-order valence-electron chi connectivity index (χ3n) is 3.36. The van der Waals surface area contributed by atoms with Crippen LogP contribution in [-0.2, 0) is 6.54 Å². The molecule has 2 rings (SSSR count). The van der Waals surface area contributed by atoms with Crippen molar-refractivity contribution in [2.45, 2.75) is 33.4 Å². The van der Waals surface area contributed by atoms with Gasteiger partial charge in [-0.1, -0.05) is 18.2 Å². The molecule has 2 aromatic rings. The Morgan fingerprint density at radius 3 is 2.78 bits per heavy atom. The summed E-state index contributed by atoms with van der Waals surface area (Å²) in [7, 11) is 1.76. The molecule has 0 aliphatic rings. The predicted molar refractivity (Wildman–Crippen MR) is 93.0 cm³/mol. The molecule has 1 N–H and O–H groups in total. The third-order valence-corrected chi connectivity index (χ3v) is 4.19. The third kappa shape index (κ3) is 5.25. The van der Waals surface area contributed by atoms with Gasteiger partial charge in [-0.05, 0) is 32.4 Å². The van der Waals surface area contributed by atoms with Gasteiger partial charge in [0.15, 0.2) is 0 Å². The van der Waals surface area contributed by atoms with Crippen molar-refractivity contribution in [1.29, 1.82) is 0 Å². The van der Waals surface area contributed by atoms with Crippen LogP contribution in [0.1, 0.15) is 23.2 Å². The number of aromatic nitrogens is 1. The molecule has 6 heteroatoms. The van der Waals surface area contributed by atoms with E-state index in [1.54, 1.807) is 23.3 Å². The molecule has 23 heavy (non-hydrogen) atoms. The molecule has 0 unspecified atom stereocenters. The molecular weight excluding hydrogens is 310 g/mol. The molecule has 0 radical (unpaired) electrons. The van der Waals surface area contributed by atoms with E-state index < -0.39 is 0 Å². The van der Waals surface area contributed by atoms with Gasteiger partial charge in [-0.15, -0.1) is 11.3 Å². The second-order valence-corrected chi connectivity index (χ2v) is 6.70. The van der Waals surface area contributed by atoms with Crippen LogP contribution in [0.3, 0.4) is 0 Å². The van der Waals surface area contributed by atoms with Gasteiger partial charge in [-0.2, -0.15) is 0 Å². The zero-order valence-corrected chi connectivity index (χ0v) is 14.8. The Morgan fingerprint density at radius 1 is 1.39 bits per heavy atom. The van der Waals surface area contributed by atoms with E-state index in [2.05, 4.69) is 10.3 Å². The Balaban J connectivity index is 1.78. The predicted octanol–water partition coefficient (Wildman–Crippen LogP) is 3.37. The summed E-state index contributed by atoms with van der Waals surface area (Å²) in [5.41, 5.74) is 2.00. The van der Waals surface area contributed by atoms with Gasteiger partial charge in [-0.3, -0.25) is 0 Å². The van der Waals surface area contributed by atoms with Gasteiger partial charge in [0.2, 0.25) is 0 Å². The van der Waals surface area contributed by atoms with E-state index in [0.717, 1.165) is 22.0 Å². The minimum absolute atomic E-state index is 0.0817. The lowest BCUT2D eigenvalue weighted by atomic mass is 10.2. The van der Waals surface area contributed by atoms with E-state index in [0.29, 0.717) is 13.2 Å². The number of urea groups is 1. The topological polar surface area (TPSA) is 54.5 Å². The molecule has 1 heterocycles. The van der Waals surface area contributed by atoms with E-state index in [1.165, 1.54) is 0 Å². The Hall–Kier alpha value is -2.08. The van der Waals surface area contributed by atoms with Gasteiger partial charge >= 0.3 is 6.03 Å². The highest BCUT2D eigenvalue weighted by Gasteiger charge is 2.14. The summed E-state index contributed by atoms with van der Waals surface area (Å²) >= 11 is 1.59. The average Bonchev–Trinajstić information content (AvgIpc) is 2.91. The quantitative estimate of drug-likeness (QED) is 0.882. The van der Waals surface area contributed by atoms with E-state index >= 15 is 0 Å². The highest BCUT2D eigenvalue weighted by atomic mass is 32.1. The molecule has 0 spiro atoms. The number of hydrogen-bond donors (Lipinski definition) is 1. The number of carbonyl (C=O) groups excluding carboxylic acids is 1. The number of nitrogens with zero attached hydrogens (tertiary/aromatic N) is 2. The van der Waals surface area contributed by atoms with Crippen molar-refractivity contribution in [3.05, 3.63) is 45.9 Å². The maximum Gasteiger partial charge on any atom is 0.317 e. The number of ether oxygens (including phenoxy) is 1. The number of hydrogen-bond acceptors (Lipinski definition) is 4. The van der Waals surface area contributed by atoms with Crippen LogP contribution in [0.15, 0.2) is 29.6 Å². The number of amides is 2. The Kier molecular flexibility index (Phi) is 5.98. The van der Waals surface area contributed by atoms with Crippen molar-refractivity contribution in [3.8, 4) is 5.75 Å². The van der Waals surface area contributed by atoms with Crippen molar-refractivity contribution in [2.75, 3.05) is 13.7 Å². The Labute approximate surface area is 141 Å². The lowest BCUT2D eigenvalue weighted by Crippen LogP contribution is -2.43. The molecule has 0 bridgehead atoms. The van der Waals surface area contributed by atoms with Crippen LogP contribution in [0.4, 0.5) is 4.79 Å². The summed E-state index contributed by atoms with van der Waals surface area (Å²) in [5, 5.41) is 5.92. The fraction of sp³-hybridized carbons (Fsp3) is 0.412. The van der Waals surface area contributed by atoms with Crippen molar-refractivity contribution in [2.24, 2.45) is 0 Å². The van der Waals surface area contributed by atoms with Crippen LogP contribution in [0.5, 0.6) is 5.75 Å². The Bertz CT molecular complexity index is 657. The van der Waals surface area contributed by atoms with Crippen molar-refractivity contribution in [1.82, 2.24) is 15.2 Å². The van der Waals surface area contributed by atoms with E-state index in [-0.39, 0.29) is 12.1 Å². The van der Waals surface area contributed by atoms with Crippen LogP contribution in [0.25, 0.3) is 0 Å². The fourth-order valence-corrected chi connectivity index (χ4v) is 2.70. The largest absolute Gasteiger partial charge is 0.491 e. The zero-order chi connectivity index (χ0) is 16.8. The number of benzene rings is 1. The first-order chi connectivity index (χ1) is 11.0. The molecule has 0 aliphatic carbocycles. The average molecular weight is 333 g/mol. The zero-order valence-electron chi connectivity index (χ0n) is 14.0. The summed E-state index contributed by atoms with van der Waals surface area (Å²) in [4.78, 5) is 18.2. The van der Waals surface area contributed by atoms with Crippen LogP contribution >= 0.6 is 11.3 Å². The standard InChI is InChI=1S/C17H23N3O2S/c1-12-7-5-6-8-16(12)22-10-13(2)18-17(21)20(4)9-15-11-23-14(3)19-15/h5-8,11,13H,9-10H2,1-4H3,(H,18,21)/t13-/m1/s1. The second kappa shape index (κ2) is 7.97. The molecule has 0 saturated carbocycles. The van der Waals surface area contributed by atoms with Crippen LogP contribution < -0.4 is 10.1 Å². The number of para-hydroxylation sites is 1. The number of aryl methyl sites for hydroxylation is 2. The lowest BCUT2D eigenvalue weighted by molar-refractivity contribution is 0.195. The van der Waals surface area contributed by atoms with Gasteiger partial charge in [0.05, 0.1) is 23.3 Å². The number of rotatable bonds is 6. The molecule has 124 valence electrons. The van der Waals surface area contributed by atoms with E-state index in [1.807, 2.05) is 50.4 Å². The summed E-state index contributed by atoms with van der Waals surface area (Å²) in [5.74, 6) is 0.847. The molecule has 2 amide bonds. The monoisotopic (exact) mass is 333 g/mol. The lowest BCUT2D eigenvalue weighted by Gasteiger charge is -2.21. The number of carbonyl (C=O) groups is 1. The molecule has 1 aromatic heterocycles. The van der Waals surface area contributed by atoms with Crippen molar-refractivity contribution < 1.29 is 9.53 Å². The maximum absolute atomic E-state index is 12.2. The normalized spacial score (nSPS) is 11.8. The second-order valence-electron chi connectivity index (χ2n) is 5.64. The maximum atomic E-state index is 12.2. The molecule has 0 aliphatic heterocycles. The van der Waals surface area contributed by atoms with Gasteiger partial charge in [0.25, 0.3) is 0 Å². The van der Waals surface area contributed by atoms with Crippen LogP contribution in [-0.4, -0.2) is 35.6 Å². The summed E-state index contributed by atoms with van der Waals surface area (Å²) in [6.45, 7) is 6.82. The molecule has 1 atom stereocenters. The molecular formula is C17H23N3O2S. The molecule has 1 aromatic carbocycles. The van der Waals surface area contributed by atoms with Crippen LogP contribution in [0, 0.1) is 13.8 Å². The van der Waals surface area contributed by atoms with E-state index in [9.17, 15) is 4.79 Å². The van der Waals surface area contributed by atoms with Gasteiger partial charge < -0.3 is 15.0 Å². The van der Waals surface area contributed by atoms with Gasteiger partial charge in [0, 0.05) is 12.4 Å². The Morgan fingerprint density at radius 2 is 2.13 bits per heavy atom. The first-order valence-electron chi connectivity index (χ1n) is 7.56. The minimum Gasteiger partial charge on any atom is -0.491 e. The number of nitrogens with one attached hydrogen (secondary N) is 1. The fourth-order valence-electron chi connectivity index (χ4n) is 2.09. The molecule has 0 saturated heterocycles. The van der Waals surface area contributed by atoms with Gasteiger partial charge in [-0.25, -0.2) is 9.78 Å². The van der Waals surface area contributed by atoms with Gasteiger partial charge in [0.1, 0.15) is 12.4 Å².